The van der Waals surface area contributed by atoms with E-state index in [1.54, 1.807) is 12.1 Å². The molecule has 0 spiro atoms. The molecule has 1 heterocycles. The minimum atomic E-state index is -2.85. The van der Waals surface area contributed by atoms with Crippen LogP contribution in [0.15, 0.2) is 24.3 Å². The molecule has 4 nitrogen and oxygen atoms in total. The molecular weight excluding hydrogens is 290 g/mol. The number of likely N-dealkylation sites (tertiary alicyclic amines) is 1. The fourth-order valence-electron chi connectivity index (χ4n) is 2.62. The Balaban J connectivity index is 1.97. The Morgan fingerprint density at radius 1 is 1.32 bits per heavy atom. The zero-order valence-electron chi connectivity index (χ0n) is 13.1. The molecule has 0 radical (unpaired) electrons. The largest absolute Gasteiger partial charge is 0.435 e. The van der Waals surface area contributed by atoms with E-state index in [1.807, 2.05) is 6.92 Å². The molecule has 122 valence electrons. The van der Waals surface area contributed by atoms with Gasteiger partial charge in [-0.2, -0.15) is 8.78 Å². The minimum Gasteiger partial charge on any atom is -0.435 e. The number of carbonyl (C=O) groups is 1. The highest BCUT2D eigenvalue weighted by atomic mass is 19.3. The molecule has 1 unspecified atom stereocenters. The van der Waals surface area contributed by atoms with E-state index in [9.17, 15) is 13.6 Å². The lowest BCUT2D eigenvalue weighted by molar-refractivity contribution is -0.124. The van der Waals surface area contributed by atoms with Gasteiger partial charge >= 0.3 is 6.61 Å². The molecule has 1 fully saturated rings. The molecule has 0 aliphatic carbocycles. The Hall–Kier alpha value is -1.69. The second-order valence-electron chi connectivity index (χ2n) is 6.23. The van der Waals surface area contributed by atoms with Crippen LogP contribution in [0.25, 0.3) is 0 Å². The first kappa shape index (κ1) is 16.7. The number of rotatable bonds is 5. The van der Waals surface area contributed by atoms with Crippen molar-refractivity contribution < 1.29 is 18.3 Å². The van der Waals surface area contributed by atoms with Crippen molar-refractivity contribution in [3.05, 3.63) is 24.3 Å². The van der Waals surface area contributed by atoms with Crippen LogP contribution in [-0.2, 0) is 4.79 Å². The fourth-order valence-corrected chi connectivity index (χ4v) is 2.62. The molecule has 1 atom stereocenters. The number of hydrogen-bond donors (Lipinski definition) is 1. The van der Waals surface area contributed by atoms with Crippen LogP contribution in [0.5, 0.6) is 5.75 Å². The third-order valence-electron chi connectivity index (χ3n) is 4.12. The molecule has 1 N–H and O–H groups in total. The highest BCUT2D eigenvalue weighted by Crippen LogP contribution is 2.32. The molecule has 0 saturated carbocycles. The van der Waals surface area contributed by atoms with Gasteiger partial charge in [-0.3, -0.25) is 9.69 Å². The summed E-state index contributed by atoms with van der Waals surface area (Å²) < 4.78 is 28.5. The second-order valence-corrected chi connectivity index (χ2v) is 6.23. The SMILES string of the molecule is CC(C)N1CCC(C)(C(=O)Nc2ccc(OC(F)F)cc2)C1. The Morgan fingerprint density at radius 3 is 2.45 bits per heavy atom. The van der Waals surface area contributed by atoms with Gasteiger partial charge in [-0.05, 0) is 58.0 Å². The summed E-state index contributed by atoms with van der Waals surface area (Å²) in [4.78, 5) is 14.8. The van der Waals surface area contributed by atoms with Crippen LogP contribution in [0.3, 0.4) is 0 Å². The average Bonchev–Trinajstić information content (AvgIpc) is 2.85. The Bertz CT molecular complexity index is 519. The standard InChI is InChI=1S/C16H22F2N2O2/c1-11(2)20-9-8-16(3,10-20)14(21)19-12-4-6-13(7-5-12)22-15(17)18/h4-7,11,15H,8-10H2,1-3H3,(H,19,21). The van der Waals surface area contributed by atoms with E-state index in [0.717, 1.165) is 19.5 Å². The first-order chi connectivity index (χ1) is 10.3. The Morgan fingerprint density at radius 2 is 1.95 bits per heavy atom. The summed E-state index contributed by atoms with van der Waals surface area (Å²) in [5.41, 5.74) is 0.151. The predicted molar refractivity (Wildman–Crippen MR) is 81.1 cm³/mol. The van der Waals surface area contributed by atoms with E-state index in [1.165, 1.54) is 12.1 Å². The summed E-state index contributed by atoms with van der Waals surface area (Å²) in [6.07, 6.45) is 0.809. The van der Waals surface area contributed by atoms with Crippen LogP contribution in [0.2, 0.25) is 0 Å². The fraction of sp³-hybridized carbons (Fsp3) is 0.562. The van der Waals surface area contributed by atoms with Gasteiger partial charge in [0, 0.05) is 18.3 Å². The molecule has 22 heavy (non-hydrogen) atoms. The van der Waals surface area contributed by atoms with E-state index >= 15 is 0 Å². The van der Waals surface area contributed by atoms with Crippen LogP contribution < -0.4 is 10.1 Å². The number of alkyl halides is 2. The lowest BCUT2D eigenvalue weighted by Crippen LogP contribution is -2.38. The van der Waals surface area contributed by atoms with Crippen molar-refractivity contribution in [2.75, 3.05) is 18.4 Å². The number of nitrogens with one attached hydrogen (secondary N) is 1. The van der Waals surface area contributed by atoms with Gasteiger partial charge in [-0.1, -0.05) is 0 Å². The van der Waals surface area contributed by atoms with E-state index in [0.29, 0.717) is 11.7 Å². The Labute approximate surface area is 129 Å². The molecule has 1 aromatic rings. The molecule has 1 aromatic carbocycles. The van der Waals surface area contributed by atoms with Gasteiger partial charge in [-0.25, -0.2) is 0 Å². The topological polar surface area (TPSA) is 41.6 Å². The highest BCUT2D eigenvalue weighted by Gasteiger charge is 2.40. The van der Waals surface area contributed by atoms with Crippen LogP contribution in [0, 0.1) is 5.41 Å². The van der Waals surface area contributed by atoms with Crippen LogP contribution in [-0.4, -0.2) is 36.5 Å². The molecule has 0 bridgehead atoms. The quantitative estimate of drug-likeness (QED) is 0.906. The van der Waals surface area contributed by atoms with E-state index < -0.39 is 12.0 Å². The molecule has 1 saturated heterocycles. The van der Waals surface area contributed by atoms with Gasteiger partial charge in [0.2, 0.25) is 5.91 Å². The molecule has 1 aliphatic rings. The molecule has 6 heteroatoms. The van der Waals surface area contributed by atoms with Gasteiger partial charge < -0.3 is 10.1 Å². The maximum Gasteiger partial charge on any atom is 0.387 e. The Kier molecular flexibility index (Phi) is 5.01. The van der Waals surface area contributed by atoms with Gasteiger partial charge in [0.05, 0.1) is 5.41 Å². The van der Waals surface area contributed by atoms with Gasteiger partial charge in [-0.15, -0.1) is 0 Å². The minimum absolute atomic E-state index is 0.0434. The van der Waals surface area contributed by atoms with E-state index in [4.69, 9.17) is 0 Å². The summed E-state index contributed by atoms with van der Waals surface area (Å²) in [5, 5.41) is 2.86. The third kappa shape index (κ3) is 3.94. The first-order valence-electron chi connectivity index (χ1n) is 7.40. The molecule has 0 aromatic heterocycles. The molecular formula is C16H22F2N2O2. The van der Waals surface area contributed by atoms with Crippen LogP contribution in [0.1, 0.15) is 27.2 Å². The number of benzene rings is 1. The van der Waals surface area contributed by atoms with Crippen LogP contribution >= 0.6 is 0 Å². The molecule has 1 amide bonds. The van der Waals surface area contributed by atoms with Crippen molar-refractivity contribution in [1.82, 2.24) is 4.90 Å². The monoisotopic (exact) mass is 312 g/mol. The number of hydrogen-bond acceptors (Lipinski definition) is 3. The van der Waals surface area contributed by atoms with Gasteiger partial charge in [0.25, 0.3) is 0 Å². The van der Waals surface area contributed by atoms with Crippen molar-refractivity contribution in [2.45, 2.75) is 39.8 Å². The van der Waals surface area contributed by atoms with Crippen molar-refractivity contribution in [2.24, 2.45) is 5.41 Å². The van der Waals surface area contributed by atoms with Crippen molar-refractivity contribution in [3.63, 3.8) is 0 Å². The van der Waals surface area contributed by atoms with Gasteiger partial charge in [0.1, 0.15) is 5.75 Å². The van der Waals surface area contributed by atoms with Crippen molar-refractivity contribution >= 4 is 11.6 Å². The zero-order valence-corrected chi connectivity index (χ0v) is 13.1. The maximum absolute atomic E-state index is 12.5. The van der Waals surface area contributed by atoms with Crippen LogP contribution in [0.4, 0.5) is 14.5 Å². The van der Waals surface area contributed by atoms with Gasteiger partial charge in [0.15, 0.2) is 0 Å². The number of amides is 1. The van der Waals surface area contributed by atoms with Crippen molar-refractivity contribution in [3.8, 4) is 5.75 Å². The number of anilines is 1. The normalized spacial score (nSPS) is 22.3. The third-order valence-corrected chi connectivity index (χ3v) is 4.12. The number of nitrogens with zero attached hydrogens (tertiary/aromatic N) is 1. The lowest BCUT2D eigenvalue weighted by Gasteiger charge is -2.25. The summed E-state index contributed by atoms with van der Waals surface area (Å²) in [6.45, 7) is 4.97. The molecule has 1 aliphatic heterocycles. The lowest BCUT2D eigenvalue weighted by atomic mass is 9.88. The number of carbonyl (C=O) groups excluding carboxylic acids is 1. The number of ether oxygens (including phenoxy) is 1. The zero-order chi connectivity index (χ0) is 16.3. The number of halogens is 2. The van der Waals surface area contributed by atoms with Crippen molar-refractivity contribution in [1.29, 1.82) is 0 Å². The second kappa shape index (κ2) is 6.60. The smallest absolute Gasteiger partial charge is 0.387 e. The highest BCUT2D eigenvalue weighted by molar-refractivity contribution is 5.95. The summed E-state index contributed by atoms with van der Waals surface area (Å²) in [5.74, 6) is 0.0317. The van der Waals surface area contributed by atoms with E-state index in [2.05, 4.69) is 28.8 Å². The first-order valence-corrected chi connectivity index (χ1v) is 7.40. The maximum atomic E-state index is 12.5. The summed E-state index contributed by atoms with van der Waals surface area (Å²) >= 11 is 0. The summed E-state index contributed by atoms with van der Waals surface area (Å²) in [6, 6.07) is 6.38. The predicted octanol–water partition coefficient (Wildman–Crippen LogP) is 3.35. The molecule has 2 rings (SSSR count). The van der Waals surface area contributed by atoms with E-state index in [-0.39, 0.29) is 11.7 Å². The average molecular weight is 312 g/mol. The summed E-state index contributed by atoms with van der Waals surface area (Å²) in [7, 11) is 0.